The maximum Gasteiger partial charge on any atom is 0.00967 e. The number of hydrogen-bond donors (Lipinski definition) is 1. The van der Waals surface area contributed by atoms with Gasteiger partial charge in [-0.3, -0.25) is 4.90 Å². The summed E-state index contributed by atoms with van der Waals surface area (Å²) < 4.78 is 0. The van der Waals surface area contributed by atoms with E-state index in [-0.39, 0.29) is 0 Å². The van der Waals surface area contributed by atoms with E-state index in [0.717, 1.165) is 24.4 Å². The number of nitrogens with zero attached hydrogens (tertiary/aromatic N) is 1. The molecular weight excluding hydrogens is 220 g/mol. The van der Waals surface area contributed by atoms with Crippen molar-refractivity contribution in [3.8, 4) is 0 Å². The van der Waals surface area contributed by atoms with Crippen LogP contribution >= 0.6 is 0 Å². The molecular formula is C16H30N2. The van der Waals surface area contributed by atoms with Crippen molar-refractivity contribution in [2.45, 2.75) is 64.3 Å². The lowest BCUT2D eigenvalue weighted by molar-refractivity contribution is 0.0813. The molecule has 0 aromatic carbocycles. The Balaban J connectivity index is 1.62. The van der Waals surface area contributed by atoms with Gasteiger partial charge in [-0.05, 0) is 62.3 Å². The van der Waals surface area contributed by atoms with Crippen LogP contribution in [0.25, 0.3) is 0 Å². The Bertz CT molecular complexity index is 283. The molecule has 18 heavy (non-hydrogen) atoms. The van der Waals surface area contributed by atoms with E-state index in [1.54, 1.807) is 0 Å². The zero-order chi connectivity index (χ0) is 12.6. The molecule has 104 valence electrons. The van der Waals surface area contributed by atoms with Crippen LogP contribution in [0.15, 0.2) is 0 Å². The molecule has 0 aliphatic heterocycles. The Hall–Kier alpha value is -0.0800. The van der Waals surface area contributed by atoms with E-state index in [9.17, 15) is 0 Å². The van der Waals surface area contributed by atoms with Crippen LogP contribution in [0.4, 0.5) is 0 Å². The minimum absolute atomic E-state index is 0.454. The molecule has 0 amide bonds. The molecule has 2 unspecified atom stereocenters. The van der Waals surface area contributed by atoms with E-state index >= 15 is 0 Å². The SMILES string of the molecule is CC1CCCC(CN)(CN(CC2CC2)C2CC2)C1. The molecule has 0 radical (unpaired) electrons. The van der Waals surface area contributed by atoms with Gasteiger partial charge in [0.1, 0.15) is 0 Å². The molecule has 3 rings (SSSR count). The molecule has 3 saturated carbocycles. The fourth-order valence-electron chi connectivity index (χ4n) is 4.01. The molecule has 0 aromatic rings. The van der Waals surface area contributed by atoms with Gasteiger partial charge in [0.25, 0.3) is 0 Å². The molecule has 2 N–H and O–H groups in total. The standard InChI is InChI=1S/C16H30N2/c1-13-3-2-8-16(9-13,11-17)12-18(15-6-7-15)10-14-4-5-14/h13-15H,2-12,17H2,1H3. The first kappa shape index (κ1) is 12.9. The van der Waals surface area contributed by atoms with Crippen LogP contribution in [0.5, 0.6) is 0 Å². The summed E-state index contributed by atoms with van der Waals surface area (Å²) in [6.07, 6.45) is 11.4. The van der Waals surface area contributed by atoms with Crippen molar-refractivity contribution in [2.75, 3.05) is 19.6 Å². The summed E-state index contributed by atoms with van der Waals surface area (Å²) in [6, 6.07) is 0.922. The average molecular weight is 250 g/mol. The third-order valence-corrected chi connectivity index (χ3v) is 5.41. The Labute approximate surface area is 112 Å². The molecule has 2 atom stereocenters. The molecule has 0 saturated heterocycles. The van der Waals surface area contributed by atoms with E-state index in [2.05, 4.69) is 11.8 Å². The summed E-state index contributed by atoms with van der Waals surface area (Å²) in [5.41, 5.74) is 6.64. The molecule has 3 aliphatic rings. The maximum absolute atomic E-state index is 6.19. The summed E-state index contributed by atoms with van der Waals surface area (Å²) in [5, 5.41) is 0. The number of nitrogens with two attached hydrogens (primary N) is 1. The third-order valence-electron chi connectivity index (χ3n) is 5.41. The first-order chi connectivity index (χ1) is 8.71. The average Bonchev–Trinajstić information content (AvgIpc) is 3.21. The minimum atomic E-state index is 0.454. The lowest BCUT2D eigenvalue weighted by Crippen LogP contribution is -2.46. The topological polar surface area (TPSA) is 29.3 Å². The molecule has 0 bridgehead atoms. The van der Waals surface area contributed by atoms with E-state index in [1.807, 2.05) is 0 Å². The highest BCUT2D eigenvalue weighted by molar-refractivity contribution is 4.95. The zero-order valence-electron chi connectivity index (χ0n) is 12.0. The maximum atomic E-state index is 6.19. The molecule has 0 heterocycles. The van der Waals surface area contributed by atoms with E-state index < -0.39 is 0 Å². The van der Waals surface area contributed by atoms with Gasteiger partial charge in [0.05, 0.1) is 0 Å². The molecule has 2 nitrogen and oxygen atoms in total. The fourth-order valence-corrected chi connectivity index (χ4v) is 4.01. The lowest BCUT2D eigenvalue weighted by atomic mass is 9.69. The van der Waals surface area contributed by atoms with Crippen LogP contribution < -0.4 is 5.73 Å². The summed E-state index contributed by atoms with van der Waals surface area (Å²) in [4.78, 5) is 2.82. The highest BCUT2D eigenvalue weighted by Gasteiger charge is 2.40. The van der Waals surface area contributed by atoms with Crippen molar-refractivity contribution >= 4 is 0 Å². The Morgan fingerprint density at radius 1 is 1.17 bits per heavy atom. The van der Waals surface area contributed by atoms with Crippen molar-refractivity contribution in [2.24, 2.45) is 23.0 Å². The van der Waals surface area contributed by atoms with Gasteiger partial charge >= 0.3 is 0 Å². The molecule has 2 heteroatoms. The predicted octanol–water partition coefficient (Wildman–Crippen LogP) is 3.02. The van der Waals surface area contributed by atoms with Crippen LogP contribution in [0.1, 0.15) is 58.3 Å². The summed E-state index contributed by atoms with van der Waals surface area (Å²) >= 11 is 0. The predicted molar refractivity (Wildman–Crippen MR) is 76.4 cm³/mol. The van der Waals surface area contributed by atoms with E-state index in [0.29, 0.717) is 5.41 Å². The van der Waals surface area contributed by atoms with Crippen molar-refractivity contribution in [3.63, 3.8) is 0 Å². The number of hydrogen-bond acceptors (Lipinski definition) is 2. The normalized spacial score (nSPS) is 37.2. The second kappa shape index (κ2) is 5.13. The van der Waals surface area contributed by atoms with Crippen LogP contribution in [0.2, 0.25) is 0 Å². The highest BCUT2D eigenvalue weighted by atomic mass is 15.2. The van der Waals surface area contributed by atoms with Gasteiger partial charge in [0, 0.05) is 19.1 Å². The smallest absolute Gasteiger partial charge is 0.00967 e. The van der Waals surface area contributed by atoms with Crippen LogP contribution in [-0.4, -0.2) is 30.6 Å². The van der Waals surface area contributed by atoms with E-state index in [1.165, 1.54) is 64.5 Å². The Kier molecular flexibility index (Phi) is 3.68. The third kappa shape index (κ3) is 3.08. The van der Waals surface area contributed by atoms with Crippen LogP contribution in [0, 0.1) is 17.3 Å². The lowest BCUT2D eigenvalue weighted by Gasteiger charge is -2.43. The second-order valence-corrected chi connectivity index (χ2v) is 7.51. The molecule has 3 fully saturated rings. The van der Waals surface area contributed by atoms with Gasteiger partial charge in [-0.2, -0.15) is 0 Å². The van der Waals surface area contributed by atoms with Gasteiger partial charge in [-0.1, -0.05) is 19.8 Å². The molecule has 0 aromatic heterocycles. The Morgan fingerprint density at radius 2 is 1.94 bits per heavy atom. The van der Waals surface area contributed by atoms with E-state index in [4.69, 9.17) is 5.73 Å². The van der Waals surface area contributed by atoms with Gasteiger partial charge in [0.15, 0.2) is 0 Å². The highest BCUT2D eigenvalue weighted by Crippen LogP contribution is 2.42. The van der Waals surface area contributed by atoms with Crippen LogP contribution in [0.3, 0.4) is 0 Å². The molecule has 3 aliphatic carbocycles. The van der Waals surface area contributed by atoms with Gasteiger partial charge in [-0.15, -0.1) is 0 Å². The summed E-state index contributed by atoms with van der Waals surface area (Å²) in [6.45, 7) is 6.01. The zero-order valence-corrected chi connectivity index (χ0v) is 12.0. The quantitative estimate of drug-likeness (QED) is 0.785. The van der Waals surface area contributed by atoms with Gasteiger partial charge in [-0.25, -0.2) is 0 Å². The summed E-state index contributed by atoms with van der Waals surface area (Å²) in [7, 11) is 0. The first-order valence-electron chi connectivity index (χ1n) is 8.15. The second-order valence-electron chi connectivity index (χ2n) is 7.51. The fraction of sp³-hybridized carbons (Fsp3) is 1.00. The monoisotopic (exact) mass is 250 g/mol. The first-order valence-corrected chi connectivity index (χ1v) is 8.15. The Morgan fingerprint density at radius 3 is 2.50 bits per heavy atom. The minimum Gasteiger partial charge on any atom is -0.330 e. The largest absolute Gasteiger partial charge is 0.330 e. The van der Waals surface area contributed by atoms with Gasteiger partial charge in [0.2, 0.25) is 0 Å². The van der Waals surface area contributed by atoms with Crippen LogP contribution in [-0.2, 0) is 0 Å². The molecule has 0 spiro atoms. The van der Waals surface area contributed by atoms with Crippen molar-refractivity contribution in [1.29, 1.82) is 0 Å². The van der Waals surface area contributed by atoms with Crippen molar-refractivity contribution in [3.05, 3.63) is 0 Å². The number of rotatable bonds is 6. The van der Waals surface area contributed by atoms with Gasteiger partial charge < -0.3 is 5.73 Å². The van der Waals surface area contributed by atoms with Crippen molar-refractivity contribution < 1.29 is 0 Å². The van der Waals surface area contributed by atoms with Crippen molar-refractivity contribution in [1.82, 2.24) is 4.90 Å². The summed E-state index contributed by atoms with van der Waals surface area (Å²) in [5.74, 6) is 1.92.